The molecular formula is C16H22N4O2. The smallest absolute Gasteiger partial charge is 0.323 e. The molecule has 22 heavy (non-hydrogen) atoms. The van der Waals surface area contributed by atoms with Gasteiger partial charge in [0.1, 0.15) is 0 Å². The average Bonchev–Trinajstić information content (AvgIpc) is 3.26. The number of hydrogen-bond acceptors (Lipinski definition) is 3. The quantitative estimate of drug-likeness (QED) is 0.614. The van der Waals surface area contributed by atoms with Crippen molar-refractivity contribution < 1.29 is 4.79 Å². The number of benzene rings is 1. The molecule has 0 bridgehead atoms. The van der Waals surface area contributed by atoms with Crippen LogP contribution in [0.3, 0.4) is 0 Å². The third-order valence-corrected chi connectivity index (χ3v) is 4.21. The van der Waals surface area contributed by atoms with Gasteiger partial charge in [-0.05, 0) is 49.3 Å². The molecule has 118 valence electrons. The summed E-state index contributed by atoms with van der Waals surface area (Å²) in [7, 11) is 0. The predicted molar refractivity (Wildman–Crippen MR) is 85.6 cm³/mol. The van der Waals surface area contributed by atoms with Crippen molar-refractivity contribution in [3.05, 3.63) is 34.2 Å². The molecule has 2 aromatic rings. The third kappa shape index (κ3) is 3.76. The summed E-state index contributed by atoms with van der Waals surface area (Å²) < 4.78 is 0. The van der Waals surface area contributed by atoms with Crippen molar-refractivity contribution in [1.82, 2.24) is 15.3 Å². The molecule has 3 rings (SSSR count). The maximum atomic E-state index is 11.8. The molecule has 6 heteroatoms. The van der Waals surface area contributed by atoms with Crippen LogP contribution in [-0.4, -0.2) is 28.5 Å². The molecule has 1 aliphatic carbocycles. The minimum atomic E-state index is -0.196. The summed E-state index contributed by atoms with van der Waals surface area (Å²) >= 11 is 0. The van der Waals surface area contributed by atoms with Crippen molar-refractivity contribution in [2.24, 2.45) is 11.7 Å². The highest BCUT2D eigenvalue weighted by Gasteiger charge is 2.28. The van der Waals surface area contributed by atoms with E-state index in [4.69, 9.17) is 5.73 Å². The number of aromatic amines is 2. The van der Waals surface area contributed by atoms with E-state index in [0.717, 1.165) is 29.4 Å². The molecule has 1 aromatic carbocycles. The molecule has 1 amide bonds. The fourth-order valence-corrected chi connectivity index (χ4v) is 2.70. The zero-order valence-corrected chi connectivity index (χ0v) is 12.5. The Bertz CT molecular complexity index is 714. The number of carbonyl (C=O) groups excluding carboxylic acids is 1. The Labute approximate surface area is 128 Å². The lowest BCUT2D eigenvalue weighted by Crippen LogP contribution is -2.38. The number of imidazole rings is 1. The zero-order chi connectivity index (χ0) is 15.5. The maximum absolute atomic E-state index is 11.8. The van der Waals surface area contributed by atoms with Crippen LogP contribution in [0.4, 0.5) is 0 Å². The van der Waals surface area contributed by atoms with Crippen LogP contribution < -0.4 is 16.7 Å². The van der Waals surface area contributed by atoms with Crippen LogP contribution in [0.5, 0.6) is 0 Å². The van der Waals surface area contributed by atoms with E-state index >= 15 is 0 Å². The molecule has 0 spiro atoms. The van der Waals surface area contributed by atoms with E-state index in [1.807, 2.05) is 18.2 Å². The lowest BCUT2D eigenvalue weighted by atomic mass is 10.1. The van der Waals surface area contributed by atoms with Gasteiger partial charge in [-0.2, -0.15) is 0 Å². The van der Waals surface area contributed by atoms with Gasteiger partial charge in [0.15, 0.2) is 0 Å². The highest BCUT2D eigenvalue weighted by Crippen LogP contribution is 2.31. The predicted octanol–water partition coefficient (Wildman–Crippen LogP) is 1.03. The van der Waals surface area contributed by atoms with Crippen LogP contribution in [0.15, 0.2) is 23.0 Å². The second-order valence-electron chi connectivity index (χ2n) is 6.12. The molecule has 1 heterocycles. The van der Waals surface area contributed by atoms with Gasteiger partial charge in [0, 0.05) is 19.0 Å². The topological polar surface area (TPSA) is 104 Å². The summed E-state index contributed by atoms with van der Waals surface area (Å²) in [5, 5.41) is 2.91. The monoisotopic (exact) mass is 302 g/mol. The van der Waals surface area contributed by atoms with Crippen LogP contribution >= 0.6 is 0 Å². The summed E-state index contributed by atoms with van der Waals surface area (Å²) in [6, 6.07) is 5.93. The highest BCUT2D eigenvalue weighted by molar-refractivity contribution is 5.76. The number of rotatable bonds is 7. The van der Waals surface area contributed by atoms with Crippen molar-refractivity contribution in [3.63, 3.8) is 0 Å². The summed E-state index contributed by atoms with van der Waals surface area (Å²) in [5.74, 6) is 0.669. The SMILES string of the molecule is NC(CNC(=O)CCCc1ccc2[nH]c(=O)[nH]c2c1)C1CC1. The zero-order valence-electron chi connectivity index (χ0n) is 12.5. The van der Waals surface area contributed by atoms with Gasteiger partial charge in [0.2, 0.25) is 5.91 Å². The van der Waals surface area contributed by atoms with E-state index in [1.54, 1.807) is 0 Å². The van der Waals surface area contributed by atoms with Gasteiger partial charge < -0.3 is 21.0 Å². The highest BCUT2D eigenvalue weighted by atomic mass is 16.1. The standard InChI is InChI=1S/C16H22N4O2/c17-12(11-5-6-11)9-18-15(21)3-1-2-10-4-7-13-14(8-10)20-16(22)19-13/h4,7-8,11-12H,1-3,5-6,9,17H2,(H,18,21)(H2,19,20,22). The minimum absolute atomic E-state index is 0.0622. The van der Waals surface area contributed by atoms with Crippen molar-refractivity contribution in [2.45, 2.75) is 38.1 Å². The first-order chi connectivity index (χ1) is 10.6. The molecule has 1 saturated carbocycles. The summed E-state index contributed by atoms with van der Waals surface area (Å²) in [4.78, 5) is 28.4. The summed E-state index contributed by atoms with van der Waals surface area (Å²) in [5.41, 5.74) is 8.49. The number of aryl methyl sites for hydroxylation is 1. The third-order valence-electron chi connectivity index (χ3n) is 4.21. The van der Waals surface area contributed by atoms with Crippen LogP contribution in [-0.2, 0) is 11.2 Å². The number of fused-ring (bicyclic) bond motifs is 1. The summed E-state index contributed by atoms with van der Waals surface area (Å²) in [6.07, 6.45) is 4.48. The number of hydrogen-bond donors (Lipinski definition) is 4. The second kappa shape index (κ2) is 6.36. The molecule has 0 saturated heterocycles. The molecule has 1 unspecified atom stereocenters. The van der Waals surface area contributed by atoms with E-state index in [-0.39, 0.29) is 17.6 Å². The van der Waals surface area contributed by atoms with E-state index < -0.39 is 0 Å². The molecule has 5 N–H and O–H groups in total. The van der Waals surface area contributed by atoms with Crippen LogP contribution in [0.1, 0.15) is 31.2 Å². The van der Waals surface area contributed by atoms with Crippen LogP contribution in [0.25, 0.3) is 11.0 Å². The number of nitrogens with one attached hydrogen (secondary N) is 3. The molecule has 0 aliphatic heterocycles. The van der Waals surface area contributed by atoms with Gasteiger partial charge in [-0.25, -0.2) is 4.79 Å². The molecule has 1 atom stereocenters. The molecule has 1 aliphatic rings. The van der Waals surface area contributed by atoms with Crippen molar-refractivity contribution in [1.29, 1.82) is 0 Å². The van der Waals surface area contributed by atoms with Gasteiger partial charge in [-0.15, -0.1) is 0 Å². The maximum Gasteiger partial charge on any atom is 0.323 e. The lowest BCUT2D eigenvalue weighted by molar-refractivity contribution is -0.121. The fourth-order valence-electron chi connectivity index (χ4n) is 2.70. The van der Waals surface area contributed by atoms with Gasteiger partial charge in [0.05, 0.1) is 11.0 Å². The van der Waals surface area contributed by atoms with Crippen LogP contribution in [0.2, 0.25) is 0 Å². The molecule has 1 fully saturated rings. The Morgan fingerprint density at radius 3 is 2.86 bits per heavy atom. The second-order valence-corrected chi connectivity index (χ2v) is 6.12. The summed E-state index contributed by atoms with van der Waals surface area (Å²) in [6.45, 7) is 0.583. The molecule has 6 nitrogen and oxygen atoms in total. The number of nitrogens with two attached hydrogens (primary N) is 1. The van der Waals surface area contributed by atoms with Crippen molar-refractivity contribution in [3.8, 4) is 0 Å². The Kier molecular flexibility index (Phi) is 4.29. The number of carbonyl (C=O) groups is 1. The largest absolute Gasteiger partial charge is 0.355 e. The van der Waals surface area contributed by atoms with Gasteiger partial charge in [0.25, 0.3) is 0 Å². The minimum Gasteiger partial charge on any atom is -0.355 e. The number of aromatic nitrogens is 2. The van der Waals surface area contributed by atoms with E-state index in [9.17, 15) is 9.59 Å². The molecule has 1 aromatic heterocycles. The van der Waals surface area contributed by atoms with E-state index in [1.165, 1.54) is 12.8 Å². The average molecular weight is 302 g/mol. The number of H-pyrrole nitrogens is 2. The van der Waals surface area contributed by atoms with E-state index in [0.29, 0.717) is 18.9 Å². The fraction of sp³-hybridized carbons (Fsp3) is 0.500. The normalized spacial score (nSPS) is 15.9. The van der Waals surface area contributed by atoms with Gasteiger partial charge in [-0.3, -0.25) is 4.79 Å². The van der Waals surface area contributed by atoms with Crippen LogP contribution in [0, 0.1) is 5.92 Å². The van der Waals surface area contributed by atoms with Gasteiger partial charge in [-0.1, -0.05) is 6.07 Å². The first-order valence-corrected chi connectivity index (χ1v) is 7.85. The molecular weight excluding hydrogens is 280 g/mol. The Morgan fingerprint density at radius 2 is 2.09 bits per heavy atom. The van der Waals surface area contributed by atoms with Gasteiger partial charge >= 0.3 is 5.69 Å². The molecule has 0 radical (unpaired) electrons. The Morgan fingerprint density at radius 1 is 1.32 bits per heavy atom. The Hall–Kier alpha value is -2.08. The van der Waals surface area contributed by atoms with Crippen molar-refractivity contribution in [2.75, 3.05) is 6.54 Å². The first kappa shape index (κ1) is 14.8. The first-order valence-electron chi connectivity index (χ1n) is 7.85. The van der Waals surface area contributed by atoms with Crippen molar-refractivity contribution >= 4 is 16.9 Å². The van der Waals surface area contributed by atoms with E-state index in [2.05, 4.69) is 15.3 Å². The Balaban J connectivity index is 1.42. The lowest BCUT2D eigenvalue weighted by Gasteiger charge is -2.11. The number of amides is 1.